The van der Waals surface area contributed by atoms with Gasteiger partial charge in [-0.15, -0.1) is 0 Å². The molecule has 1 aliphatic heterocycles. The van der Waals surface area contributed by atoms with Crippen LogP contribution >= 0.6 is 0 Å². The zero-order valence-electron chi connectivity index (χ0n) is 14.8. The molecule has 0 radical (unpaired) electrons. The number of rotatable bonds is 4. The van der Waals surface area contributed by atoms with Crippen molar-refractivity contribution in [3.05, 3.63) is 77.4 Å². The summed E-state index contributed by atoms with van der Waals surface area (Å²) in [5, 5.41) is 13.3. The predicted molar refractivity (Wildman–Crippen MR) is 104 cm³/mol. The predicted octanol–water partition coefficient (Wildman–Crippen LogP) is 3.34. The number of hydrogen-bond acceptors (Lipinski definition) is 4. The van der Waals surface area contributed by atoms with Crippen molar-refractivity contribution in [1.82, 2.24) is 4.90 Å². The van der Waals surface area contributed by atoms with Gasteiger partial charge in [0.15, 0.2) is 0 Å². The van der Waals surface area contributed by atoms with Crippen molar-refractivity contribution in [2.75, 3.05) is 11.9 Å². The highest BCUT2D eigenvalue weighted by Gasteiger charge is 2.32. The lowest BCUT2D eigenvalue weighted by Gasteiger charge is -2.27. The monoisotopic (exact) mass is 369 g/mol. The van der Waals surface area contributed by atoms with E-state index in [1.165, 1.54) is 0 Å². The SMILES string of the molecule is N#Cc1ccccc1NC(=O)CCN1C(=O)c2cccc3cccc(c23)C1=O. The minimum Gasteiger partial charge on any atom is -0.325 e. The van der Waals surface area contributed by atoms with Crippen molar-refractivity contribution in [1.29, 1.82) is 5.26 Å². The molecule has 0 spiro atoms. The van der Waals surface area contributed by atoms with Gasteiger partial charge >= 0.3 is 0 Å². The molecule has 28 heavy (non-hydrogen) atoms. The van der Waals surface area contributed by atoms with Crippen molar-refractivity contribution in [3.63, 3.8) is 0 Å². The minimum absolute atomic E-state index is 0.0387. The molecule has 3 aromatic rings. The van der Waals surface area contributed by atoms with E-state index in [-0.39, 0.29) is 18.9 Å². The van der Waals surface area contributed by atoms with Gasteiger partial charge in [-0.3, -0.25) is 19.3 Å². The van der Waals surface area contributed by atoms with Gasteiger partial charge in [0, 0.05) is 29.5 Å². The Bertz CT molecular complexity index is 1130. The summed E-state index contributed by atoms with van der Waals surface area (Å²) in [5.74, 6) is -1.18. The summed E-state index contributed by atoms with van der Waals surface area (Å²) >= 11 is 0. The maximum atomic E-state index is 12.8. The van der Waals surface area contributed by atoms with E-state index in [0.29, 0.717) is 27.8 Å². The molecule has 3 amide bonds. The van der Waals surface area contributed by atoms with Crippen LogP contribution in [0.2, 0.25) is 0 Å². The van der Waals surface area contributed by atoms with Crippen molar-refractivity contribution in [2.45, 2.75) is 6.42 Å². The highest BCUT2D eigenvalue weighted by Crippen LogP contribution is 2.30. The topological polar surface area (TPSA) is 90.3 Å². The average molecular weight is 369 g/mol. The van der Waals surface area contributed by atoms with E-state index >= 15 is 0 Å². The maximum absolute atomic E-state index is 12.8. The molecule has 0 aromatic heterocycles. The van der Waals surface area contributed by atoms with Gasteiger partial charge in [0.1, 0.15) is 6.07 Å². The molecule has 3 aromatic carbocycles. The summed E-state index contributed by atoms with van der Waals surface area (Å²) in [7, 11) is 0. The summed E-state index contributed by atoms with van der Waals surface area (Å²) in [6, 6.07) is 19.3. The fourth-order valence-corrected chi connectivity index (χ4v) is 3.40. The summed E-state index contributed by atoms with van der Waals surface area (Å²) in [4.78, 5) is 39.0. The Morgan fingerprint density at radius 1 is 0.929 bits per heavy atom. The van der Waals surface area contributed by atoms with Gasteiger partial charge in [-0.2, -0.15) is 5.26 Å². The molecule has 1 N–H and O–H groups in total. The van der Waals surface area contributed by atoms with Crippen molar-refractivity contribution in [2.24, 2.45) is 0 Å². The first-order valence-corrected chi connectivity index (χ1v) is 8.77. The van der Waals surface area contributed by atoms with E-state index in [4.69, 9.17) is 5.26 Å². The van der Waals surface area contributed by atoms with E-state index in [0.717, 1.165) is 10.3 Å². The van der Waals surface area contributed by atoms with Gasteiger partial charge < -0.3 is 5.32 Å². The van der Waals surface area contributed by atoms with Gasteiger partial charge in [-0.25, -0.2) is 0 Å². The number of amides is 3. The lowest BCUT2D eigenvalue weighted by Crippen LogP contribution is -2.41. The molecular formula is C22H15N3O3. The molecule has 4 rings (SSSR count). The molecule has 1 aliphatic rings. The smallest absolute Gasteiger partial charge is 0.261 e. The normalized spacial score (nSPS) is 12.8. The number of nitrogens with one attached hydrogen (secondary N) is 1. The number of para-hydroxylation sites is 1. The van der Waals surface area contributed by atoms with Crippen LogP contribution in [0.15, 0.2) is 60.7 Å². The first-order valence-electron chi connectivity index (χ1n) is 8.77. The largest absolute Gasteiger partial charge is 0.325 e. The zero-order chi connectivity index (χ0) is 19.7. The molecule has 0 fully saturated rings. The Morgan fingerprint density at radius 3 is 2.21 bits per heavy atom. The third-order valence-corrected chi connectivity index (χ3v) is 4.74. The summed E-state index contributed by atoms with van der Waals surface area (Å²) in [6.45, 7) is -0.0387. The van der Waals surface area contributed by atoms with Crippen LogP contribution in [0.1, 0.15) is 32.7 Å². The van der Waals surface area contributed by atoms with E-state index in [9.17, 15) is 14.4 Å². The number of nitrogens with zero attached hydrogens (tertiary/aromatic N) is 2. The van der Waals surface area contributed by atoms with E-state index in [1.54, 1.807) is 48.5 Å². The lowest BCUT2D eigenvalue weighted by atomic mass is 9.94. The lowest BCUT2D eigenvalue weighted by molar-refractivity contribution is -0.116. The maximum Gasteiger partial charge on any atom is 0.261 e. The van der Waals surface area contributed by atoms with Crippen molar-refractivity contribution in [3.8, 4) is 6.07 Å². The second kappa shape index (κ2) is 6.97. The molecule has 0 bridgehead atoms. The zero-order valence-corrected chi connectivity index (χ0v) is 14.8. The van der Waals surface area contributed by atoms with E-state index < -0.39 is 11.8 Å². The second-order valence-corrected chi connectivity index (χ2v) is 6.43. The van der Waals surface area contributed by atoms with Gasteiger partial charge in [0.05, 0.1) is 11.3 Å². The Balaban J connectivity index is 1.53. The molecule has 6 nitrogen and oxygen atoms in total. The van der Waals surface area contributed by atoms with Crippen molar-refractivity contribution < 1.29 is 14.4 Å². The van der Waals surface area contributed by atoms with Crippen LogP contribution in [0.3, 0.4) is 0 Å². The molecule has 0 aliphatic carbocycles. The molecule has 136 valence electrons. The fraction of sp³-hybridized carbons (Fsp3) is 0.0909. The third kappa shape index (κ3) is 2.89. The Kier molecular flexibility index (Phi) is 4.34. The van der Waals surface area contributed by atoms with Crippen LogP contribution in [0.25, 0.3) is 10.8 Å². The fourth-order valence-electron chi connectivity index (χ4n) is 3.40. The highest BCUT2D eigenvalue weighted by molar-refractivity contribution is 6.25. The van der Waals surface area contributed by atoms with Crippen LogP contribution in [0.4, 0.5) is 5.69 Å². The van der Waals surface area contributed by atoms with Gasteiger partial charge in [-0.05, 0) is 29.7 Å². The number of anilines is 1. The molecular weight excluding hydrogens is 354 g/mol. The second-order valence-electron chi connectivity index (χ2n) is 6.43. The molecule has 0 saturated heterocycles. The van der Waals surface area contributed by atoms with Crippen LogP contribution in [-0.2, 0) is 4.79 Å². The summed E-state index contributed by atoms with van der Waals surface area (Å²) < 4.78 is 0. The van der Waals surface area contributed by atoms with E-state index in [2.05, 4.69) is 5.32 Å². The van der Waals surface area contributed by atoms with Crippen LogP contribution < -0.4 is 5.32 Å². The Hall–Kier alpha value is -3.98. The molecule has 1 heterocycles. The quantitative estimate of drug-likeness (QED) is 0.714. The third-order valence-electron chi connectivity index (χ3n) is 4.74. The van der Waals surface area contributed by atoms with Crippen LogP contribution in [0, 0.1) is 11.3 Å². The minimum atomic E-state index is -0.403. The molecule has 0 unspecified atom stereocenters. The van der Waals surface area contributed by atoms with Crippen molar-refractivity contribution >= 4 is 34.2 Å². The average Bonchev–Trinajstić information content (AvgIpc) is 2.72. The molecule has 6 heteroatoms. The number of nitriles is 1. The molecule has 0 atom stereocenters. The summed E-state index contributed by atoms with van der Waals surface area (Å²) in [6.07, 6.45) is -0.0601. The number of carbonyl (C=O) groups is 3. The van der Waals surface area contributed by atoms with E-state index in [1.807, 2.05) is 18.2 Å². The van der Waals surface area contributed by atoms with Gasteiger partial charge in [0.2, 0.25) is 5.91 Å². The molecule has 0 saturated carbocycles. The van der Waals surface area contributed by atoms with Crippen LogP contribution in [0.5, 0.6) is 0 Å². The Morgan fingerprint density at radius 2 is 1.57 bits per heavy atom. The number of benzene rings is 3. The first kappa shape index (κ1) is 17.4. The van der Waals surface area contributed by atoms with Gasteiger partial charge in [0.25, 0.3) is 11.8 Å². The number of imide groups is 1. The number of carbonyl (C=O) groups excluding carboxylic acids is 3. The van der Waals surface area contributed by atoms with Crippen LogP contribution in [-0.4, -0.2) is 29.2 Å². The standard InChI is InChI=1S/C22H15N3O3/c23-13-15-5-1-2-10-18(15)24-19(26)11-12-25-21(27)16-8-3-6-14-7-4-9-17(20(14)16)22(25)28/h1-10H,11-12H2,(H,24,26). The highest BCUT2D eigenvalue weighted by atomic mass is 16.2. The Labute approximate surface area is 161 Å². The van der Waals surface area contributed by atoms with Gasteiger partial charge in [-0.1, -0.05) is 36.4 Å². The summed E-state index contributed by atoms with van der Waals surface area (Å²) in [5.41, 5.74) is 1.67. The number of hydrogen-bond donors (Lipinski definition) is 1. The first-order chi connectivity index (χ1) is 13.6.